The Bertz CT molecular complexity index is 632. The minimum atomic E-state index is -0.657. The van der Waals surface area contributed by atoms with Crippen LogP contribution in [0, 0.1) is 0 Å². The summed E-state index contributed by atoms with van der Waals surface area (Å²) in [6.45, 7) is 0. The van der Waals surface area contributed by atoms with Crippen LogP contribution in [-0.2, 0) is 9.59 Å². The van der Waals surface area contributed by atoms with E-state index in [1.54, 1.807) is 12.1 Å². The van der Waals surface area contributed by atoms with Gasteiger partial charge >= 0.3 is 11.9 Å². The van der Waals surface area contributed by atoms with E-state index in [1.807, 2.05) is 18.2 Å². The highest BCUT2D eigenvalue weighted by Gasteiger charge is 2.17. The third kappa shape index (κ3) is 1.82. The highest BCUT2D eigenvalue weighted by atomic mass is 16.6. The van der Waals surface area contributed by atoms with Gasteiger partial charge in [-0.2, -0.15) is 0 Å². The zero-order valence-electron chi connectivity index (χ0n) is 9.12. The van der Waals surface area contributed by atoms with Gasteiger partial charge in [0.15, 0.2) is 5.75 Å². The maximum Gasteiger partial charge on any atom is 0.337 e. The number of benzene rings is 1. The molecule has 1 aliphatic rings. The summed E-state index contributed by atoms with van der Waals surface area (Å²) in [5, 5.41) is 0.796. The lowest BCUT2D eigenvalue weighted by atomic mass is 10.2. The lowest BCUT2D eigenvalue weighted by Gasteiger charge is -2.10. The highest BCUT2D eigenvalue weighted by Crippen LogP contribution is 2.30. The summed E-state index contributed by atoms with van der Waals surface area (Å²) in [5.74, 6) is -1.16. The van der Waals surface area contributed by atoms with Crippen molar-refractivity contribution in [3.05, 3.63) is 42.5 Å². The van der Waals surface area contributed by atoms with Crippen LogP contribution in [0.2, 0.25) is 0 Å². The summed E-state index contributed by atoms with van der Waals surface area (Å²) < 4.78 is 10.0. The zero-order valence-corrected chi connectivity index (χ0v) is 9.12. The van der Waals surface area contributed by atoms with E-state index in [4.69, 9.17) is 9.47 Å². The zero-order chi connectivity index (χ0) is 12.5. The second-order valence-corrected chi connectivity index (χ2v) is 3.66. The third-order valence-electron chi connectivity index (χ3n) is 2.42. The third-order valence-corrected chi connectivity index (χ3v) is 2.42. The summed E-state index contributed by atoms with van der Waals surface area (Å²) >= 11 is 0. The van der Waals surface area contributed by atoms with Crippen molar-refractivity contribution >= 4 is 22.8 Å². The number of ether oxygens (including phenoxy) is 2. The number of aromatic nitrogens is 1. The first-order valence-electron chi connectivity index (χ1n) is 5.24. The SMILES string of the molecule is O=C1/C=C\C(=O)Oc2nc3ccccc3cc2O1. The fourth-order valence-corrected chi connectivity index (χ4v) is 1.63. The molecule has 0 spiro atoms. The number of esters is 2. The van der Waals surface area contributed by atoms with E-state index in [-0.39, 0.29) is 11.6 Å². The molecule has 18 heavy (non-hydrogen) atoms. The summed E-state index contributed by atoms with van der Waals surface area (Å²) in [4.78, 5) is 26.8. The van der Waals surface area contributed by atoms with Gasteiger partial charge < -0.3 is 9.47 Å². The molecule has 1 aromatic carbocycles. The van der Waals surface area contributed by atoms with Gasteiger partial charge in [-0.25, -0.2) is 14.6 Å². The van der Waals surface area contributed by atoms with Crippen molar-refractivity contribution in [2.45, 2.75) is 0 Å². The maximum atomic E-state index is 11.3. The van der Waals surface area contributed by atoms with Crippen molar-refractivity contribution in [3.8, 4) is 11.6 Å². The van der Waals surface area contributed by atoms with Crippen LogP contribution in [0.5, 0.6) is 11.6 Å². The number of pyridine rings is 1. The van der Waals surface area contributed by atoms with Crippen LogP contribution < -0.4 is 9.47 Å². The Morgan fingerprint density at radius 3 is 2.50 bits per heavy atom. The van der Waals surface area contributed by atoms with Crippen LogP contribution in [-0.4, -0.2) is 16.9 Å². The molecule has 0 saturated heterocycles. The molecule has 2 heterocycles. The smallest absolute Gasteiger partial charge is 0.337 e. The van der Waals surface area contributed by atoms with Gasteiger partial charge in [-0.05, 0) is 12.1 Å². The molecule has 5 nitrogen and oxygen atoms in total. The van der Waals surface area contributed by atoms with E-state index in [1.165, 1.54) is 0 Å². The molecule has 88 valence electrons. The van der Waals surface area contributed by atoms with Crippen LogP contribution in [0.15, 0.2) is 42.5 Å². The lowest BCUT2D eigenvalue weighted by molar-refractivity contribution is -0.133. The van der Waals surface area contributed by atoms with Gasteiger partial charge in [-0.3, -0.25) is 0 Å². The van der Waals surface area contributed by atoms with Crippen LogP contribution >= 0.6 is 0 Å². The molecule has 1 aromatic heterocycles. The molecule has 5 heteroatoms. The van der Waals surface area contributed by atoms with Gasteiger partial charge in [-0.15, -0.1) is 0 Å². The van der Waals surface area contributed by atoms with Crippen LogP contribution in [0.3, 0.4) is 0 Å². The van der Waals surface area contributed by atoms with Crippen molar-refractivity contribution in [1.29, 1.82) is 0 Å². The van der Waals surface area contributed by atoms with Gasteiger partial charge in [0, 0.05) is 17.5 Å². The van der Waals surface area contributed by atoms with Crippen LogP contribution in [0.4, 0.5) is 0 Å². The molecule has 2 aromatic rings. The van der Waals surface area contributed by atoms with Crippen molar-refractivity contribution < 1.29 is 19.1 Å². The molecule has 0 radical (unpaired) electrons. The highest BCUT2D eigenvalue weighted by molar-refractivity contribution is 5.95. The first kappa shape index (κ1) is 10.5. The minimum absolute atomic E-state index is 0.00333. The molecule has 0 bridgehead atoms. The number of hydrogen-bond donors (Lipinski definition) is 0. The van der Waals surface area contributed by atoms with E-state index < -0.39 is 11.9 Å². The average molecular weight is 241 g/mol. The molecule has 0 fully saturated rings. The normalized spacial score (nSPS) is 16.2. The minimum Gasteiger partial charge on any atom is -0.418 e. The molecule has 0 amide bonds. The Morgan fingerprint density at radius 2 is 1.67 bits per heavy atom. The number of carbonyl (C=O) groups is 2. The number of rotatable bonds is 0. The Morgan fingerprint density at radius 1 is 0.944 bits per heavy atom. The van der Waals surface area contributed by atoms with Gasteiger partial charge in [0.25, 0.3) is 5.88 Å². The van der Waals surface area contributed by atoms with E-state index in [9.17, 15) is 9.59 Å². The first-order valence-corrected chi connectivity index (χ1v) is 5.24. The molecular formula is C13H7NO4. The van der Waals surface area contributed by atoms with Crippen LogP contribution in [0.1, 0.15) is 0 Å². The topological polar surface area (TPSA) is 65.5 Å². The van der Waals surface area contributed by atoms with E-state index in [2.05, 4.69) is 4.98 Å². The number of nitrogens with zero attached hydrogens (tertiary/aromatic N) is 1. The molecule has 1 aliphatic heterocycles. The average Bonchev–Trinajstić information content (AvgIpc) is 2.35. The summed E-state index contributed by atoms with van der Waals surface area (Å²) in [5.41, 5.74) is 0.657. The molecule has 0 aliphatic carbocycles. The summed E-state index contributed by atoms with van der Waals surface area (Å²) in [7, 11) is 0. The quantitative estimate of drug-likeness (QED) is 0.655. The van der Waals surface area contributed by atoms with Crippen molar-refractivity contribution in [2.75, 3.05) is 0 Å². The Hall–Kier alpha value is -2.69. The second kappa shape index (κ2) is 3.96. The predicted molar refractivity (Wildman–Crippen MR) is 62.2 cm³/mol. The second-order valence-electron chi connectivity index (χ2n) is 3.66. The van der Waals surface area contributed by atoms with E-state index in [0.29, 0.717) is 5.52 Å². The molecule has 0 atom stereocenters. The van der Waals surface area contributed by atoms with Gasteiger partial charge in [0.1, 0.15) is 0 Å². The number of fused-ring (bicyclic) bond motifs is 2. The number of para-hydroxylation sites is 1. The first-order chi connectivity index (χ1) is 8.72. The summed E-state index contributed by atoms with van der Waals surface area (Å²) in [6.07, 6.45) is 2.02. The Kier molecular flexibility index (Phi) is 2.30. The molecule has 0 saturated carbocycles. The fraction of sp³-hybridized carbons (Fsp3) is 0. The molecule has 3 rings (SSSR count). The Balaban J connectivity index is 2.20. The maximum absolute atomic E-state index is 11.3. The number of hydrogen-bond acceptors (Lipinski definition) is 5. The van der Waals surface area contributed by atoms with Crippen molar-refractivity contribution in [2.24, 2.45) is 0 Å². The van der Waals surface area contributed by atoms with E-state index in [0.717, 1.165) is 17.5 Å². The summed E-state index contributed by atoms with van der Waals surface area (Å²) in [6, 6.07) is 8.88. The molecular weight excluding hydrogens is 234 g/mol. The molecule has 0 N–H and O–H groups in total. The van der Waals surface area contributed by atoms with E-state index >= 15 is 0 Å². The number of carbonyl (C=O) groups excluding carboxylic acids is 2. The fourth-order valence-electron chi connectivity index (χ4n) is 1.63. The van der Waals surface area contributed by atoms with Crippen molar-refractivity contribution in [3.63, 3.8) is 0 Å². The van der Waals surface area contributed by atoms with Crippen LogP contribution in [0.25, 0.3) is 10.9 Å². The van der Waals surface area contributed by atoms with Crippen molar-refractivity contribution in [1.82, 2.24) is 4.98 Å². The standard InChI is InChI=1S/C13H7NO4/c15-11-5-6-12(16)18-13-10(17-11)7-8-3-1-2-4-9(8)14-13/h1-7H/b6-5-. The largest absolute Gasteiger partial charge is 0.418 e. The predicted octanol–water partition coefficient (Wildman–Crippen LogP) is 1.62. The monoisotopic (exact) mass is 241 g/mol. The molecule has 0 unspecified atom stereocenters. The van der Waals surface area contributed by atoms with Gasteiger partial charge in [0.2, 0.25) is 0 Å². The van der Waals surface area contributed by atoms with Gasteiger partial charge in [-0.1, -0.05) is 18.2 Å². The Labute approximate surface area is 102 Å². The lowest BCUT2D eigenvalue weighted by Crippen LogP contribution is -2.14. The van der Waals surface area contributed by atoms with Gasteiger partial charge in [0.05, 0.1) is 5.52 Å².